The maximum Gasteiger partial charge on any atom is 0.277 e. The number of benzene rings is 2. The van der Waals surface area contributed by atoms with Gasteiger partial charge in [-0.25, -0.2) is 0 Å². The first kappa shape index (κ1) is 18.5. The number of thioether (sulfide) groups is 1. The lowest BCUT2D eigenvalue weighted by Crippen LogP contribution is -2.10. The molecule has 28 heavy (non-hydrogen) atoms. The second kappa shape index (κ2) is 7.64. The highest BCUT2D eigenvalue weighted by atomic mass is 32.2. The molecule has 0 bridgehead atoms. The Kier molecular flexibility index (Phi) is 5.05. The molecule has 0 aliphatic carbocycles. The van der Waals surface area contributed by atoms with Crippen molar-refractivity contribution in [1.29, 1.82) is 0 Å². The zero-order valence-corrected chi connectivity index (χ0v) is 16.9. The molecule has 2 aromatic carbocycles. The highest BCUT2D eigenvalue weighted by Gasteiger charge is 2.15. The first-order valence-corrected chi connectivity index (χ1v) is 10.1. The standard InChI is InChI=1S/C22H21N3O2S/c1-22(2,3)17-11-9-16(10-12-17)20-23-24-21(26-20)28-14-18-13-19(27-25-18)15-7-5-4-6-8-15/h4-13H,14H2,1-3H3. The van der Waals surface area contributed by atoms with Crippen LogP contribution < -0.4 is 0 Å². The molecule has 0 atom stereocenters. The lowest BCUT2D eigenvalue weighted by Gasteiger charge is -2.18. The molecule has 4 aromatic rings. The summed E-state index contributed by atoms with van der Waals surface area (Å²) in [7, 11) is 0. The van der Waals surface area contributed by atoms with Crippen LogP contribution in [0.2, 0.25) is 0 Å². The third-order valence-corrected chi connectivity index (χ3v) is 5.22. The summed E-state index contributed by atoms with van der Waals surface area (Å²) in [5.74, 6) is 1.87. The summed E-state index contributed by atoms with van der Waals surface area (Å²) < 4.78 is 11.2. The molecule has 0 N–H and O–H groups in total. The Morgan fingerprint density at radius 3 is 2.36 bits per heavy atom. The van der Waals surface area contributed by atoms with Crippen LogP contribution in [0, 0.1) is 0 Å². The molecular weight excluding hydrogens is 370 g/mol. The quantitative estimate of drug-likeness (QED) is 0.390. The zero-order valence-electron chi connectivity index (χ0n) is 16.0. The fourth-order valence-corrected chi connectivity index (χ4v) is 3.40. The maximum absolute atomic E-state index is 5.79. The largest absolute Gasteiger partial charge is 0.411 e. The van der Waals surface area contributed by atoms with E-state index in [-0.39, 0.29) is 5.41 Å². The highest BCUT2D eigenvalue weighted by Crippen LogP contribution is 2.29. The minimum Gasteiger partial charge on any atom is -0.411 e. The average Bonchev–Trinajstić information content (AvgIpc) is 3.36. The van der Waals surface area contributed by atoms with Gasteiger partial charge in [-0.15, -0.1) is 10.2 Å². The van der Waals surface area contributed by atoms with E-state index in [2.05, 4.69) is 48.3 Å². The van der Waals surface area contributed by atoms with E-state index in [0.717, 1.165) is 22.6 Å². The van der Waals surface area contributed by atoms with Crippen molar-refractivity contribution in [2.45, 2.75) is 37.2 Å². The van der Waals surface area contributed by atoms with Crippen LogP contribution in [0.4, 0.5) is 0 Å². The lowest BCUT2D eigenvalue weighted by atomic mass is 9.87. The fourth-order valence-electron chi connectivity index (χ4n) is 2.75. The van der Waals surface area contributed by atoms with Gasteiger partial charge in [0.15, 0.2) is 5.76 Å². The average molecular weight is 391 g/mol. The van der Waals surface area contributed by atoms with Crippen LogP contribution in [0.25, 0.3) is 22.8 Å². The Bertz CT molecular complexity index is 1050. The van der Waals surface area contributed by atoms with Gasteiger partial charge in [-0.05, 0) is 23.1 Å². The molecule has 0 aliphatic rings. The third-order valence-electron chi connectivity index (χ3n) is 4.37. The van der Waals surface area contributed by atoms with E-state index < -0.39 is 0 Å². The summed E-state index contributed by atoms with van der Waals surface area (Å²) in [5, 5.41) is 12.9. The Hall–Kier alpha value is -2.86. The van der Waals surface area contributed by atoms with Crippen LogP contribution >= 0.6 is 11.8 Å². The third kappa shape index (κ3) is 4.17. The van der Waals surface area contributed by atoms with Crippen LogP contribution in [0.5, 0.6) is 0 Å². The Morgan fingerprint density at radius 2 is 1.64 bits per heavy atom. The van der Waals surface area contributed by atoms with Crippen molar-refractivity contribution in [2.24, 2.45) is 0 Å². The number of rotatable bonds is 5. The van der Waals surface area contributed by atoms with Gasteiger partial charge in [-0.1, -0.05) is 80.2 Å². The summed E-state index contributed by atoms with van der Waals surface area (Å²) in [6, 6.07) is 20.1. The molecule has 142 valence electrons. The summed E-state index contributed by atoms with van der Waals surface area (Å²) in [6.07, 6.45) is 0. The first-order chi connectivity index (χ1) is 13.5. The first-order valence-electron chi connectivity index (χ1n) is 9.07. The van der Waals surface area contributed by atoms with Crippen LogP contribution in [-0.2, 0) is 11.2 Å². The van der Waals surface area contributed by atoms with Gasteiger partial charge in [0.1, 0.15) is 0 Å². The molecule has 0 radical (unpaired) electrons. The van der Waals surface area contributed by atoms with Crippen LogP contribution in [0.15, 0.2) is 74.8 Å². The summed E-state index contributed by atoms with van der Waals surface area (Å²) >= 11 is 1.44. The van der Waals surface area contributed by atoms with Crippen LogP contribution in [-0.4, -0.2) is 15.4 Å². The van der Waals surface area contributed by atoms with Crippen molar-refractivity contribution >= 4 is 11.8 Å². The zero-order chi connectivity index (χ0) is 19.6. The minimum atomic E-state index is 0.116. The van der Waals surface area contributed by atoms with Crippen molar-refractivity contribution in [2.75, 3.05) is 0 Å². The molecule has 0 amide bonds. The number of nitrogens with zero attached hydrogens (tertiary/aromatic N) is 3. The van der Waals surface area contributed by atoms with E-state index >= 15 is 0 Å². The second-order valence-corrected chi connectivity index (χ2v) is 8.46. The molecule has 6 heteroatoms. The SMILES string of the molecule is CC(C)(C)c1ccc(-c2nnc(SCc3cc(-c4ccccc4)on3)o2)cc1. The number of hydrogen-bond acceptors (Lipinski definition) is 6. The summed E-state index contributed by atoms with van der Waals surface area (Å²) in [5.41, 5.74) is 4.14. The van der Waals surface area contributed by atoms with Crippen LogP contribution in [0.1, 0.15) is 32.0 Å². The Morgan fingerprint density at radius 1 is 0.893 bits per heavy atom. The van der Waals surface area contributed by atoms with Crippen molar-refractivity contribution in [3.05, 3.63) is 71.9 Å². The lowest BCUT2D eigenvalue weighted by molar-refractivity contribution is 0.426. The van der Waals surface area contributed by atoms with E-state index in [0.29, 0.717) is 16.9 Å². The highest BCUT2D eigenvalue weighted by molar-refractivity contribution is 7.98. The number of hydrogen-bond donors (Lipinski definition) is 0. The molecule has 0 saturated heterocycles. The smallest absolute Gasteiger partial charge is 0.277 e. The predicted molar refractivity (Wildman–Crippen MR) is 110 cm³/mol. The van der Waals surface area contributed by atoms with Gasteiger partial charge in [0.25, 0.3) is 5.22 Å². The molecule has 0 aliphatic heterocycles. The van der Waals surface area contributed by atoms with Gasteiger partial charge < -0.3 is 8.94 Å². The van der Waals surface area contributed by atoms with Gasteiger partial charge in [-0.2, -0.15) is 0 Å². The topological polar surface area (TPSA) is 65.0 Å². The van der Waals surface area contributed by atoms with Crippen molar-refractivity contribution in [3.8, 4) is 22.8 Å². The van der Waals surface area contributed by atoms with Crippen LogP contribution in [0.3, 0.4) is 0 Å². The monoisotopic (exact) mass is 391 g/mol. The molecule has 2 aromatic heterocycles. The minimum absolute atomic E-state index is 0.116. The van der Waals surface area contributed by atoms with Gasteiger partial charge in [0.2, 0.25) is 5.89 Å². The molecule has 5 nitrogen and oxygen atoms in total. The molecule has 0 unspecified atom stereocenters. The van der Waals surface area contributed by atoms with Gasteiger partial charge in [0.05, 0.1) is 5.69 Å². The van der Waals surface area contributed by atoms with Gasteiger partial charge >= 0.3 is 0 Å². The van der Waals surface area contributed by atoms with E-state index in [1.165, 1.54) is 17.3 Å². The molecule has 0 fully saturated rings. The second-order valence-electron chi connectivity index (χ2n) is 7.54. The molecule has 4 rings (SSSR count). The molecule has 2 heterocycles. The Labute approximate surface area is 168 Å². The van der Waals surface area contributed by atoms with E-state index in [4.69, 9.17) is 8.94 Å². The van der Waals surface area contributed by atoms with E-state index in [1.54, 1.807) is 0 Å². The molecular formula is C22H21N3O2S. The molecule has 0 saturated carbocycles. The van der Waals surface area contributed by atoms with E-state index in [9.17, 15) is 0 Å². The summed E-state index contributed by atoms with van der Waals surface area (Å²) in [4.78, 5) is 0. The normalized spacial score (nSPS) is 11.7. The molecule has 0 spiro atoms. The van der Waals surface area contributed by atoms with Crippen molar-refractivity contribution < 1.29 is 8.94 Å². The number of aromatic nitrogens is 3. The van der Waals surface area contributed by atoms with Crippen molar-refractivity contribution in [3.63, 3.8) is 0 Å². The summed E-state index contributed by atoms with van der Waals surface area (Å²) in [6.45, 7) is 6.57. The predicted octanol–water partition coefficient (Wildman–Crippen LogP) is 5.98. The Balaban J connectivity index is 1.41. The van der Waals surface area contributed by atoms with Gasteiger partial charge in [0, 0.05) is 22.9 Å². The van der Waals surface area contributed by atoms with E-state index in [1.807, 2.05) is 48.5 Å². The van der Waals surface area contributed by atoms with Gasteiger partial charge in [-0.3, -0.25) is 0 Å². The fraction of sp³-hybridized carbons (Fsp3) is 0.227. The maximum atomic E-state index is 5.79. The van der Waals surface area contributed by atoms with Crippen molar-refractivity contribution in [1.82, 2.24) is 15.4 Å².